The Hall–Kier alpha value is -0.870. The minimum atomic E-state index is -0.357. The topological polar surface area (TPSA) is 47.3 Å². The zero-order valence-electron chi connectivity index (χ0n) is 9.43. The summed E-state index contributed by atoms with van der Waals surface area (Å²) in [4.78, 5) is 4.67. The summed E-state index contributed by atoms with van der Waals surface area (Å²) < 4.78 is 7.31. The van der Waals surface area contributed by atoms with Crippen LogP contribution >= 0.6 is 0 Å². The zero-order chi connectivity index (χ0) is 11.0. The van der Waals surface area contributed by atoms with Gasteiger partial charge in [-0.05, 0) is 25.7 Å². The maximum atomic E-state index is 9.87. The average Bonchev–Trinajstić information content (AvgIpc) is 2.76. The van der Waals surface area contributed by atoms with Crippen molar-refractivity contribution in [2.24, 2.45) is 0 Å². The Kier molecular flexibility index (Phi) is 2.69. The third-order valence-electron chi connectivity index (χ3n) is 3.65. The lowest BCUT2D eigenvalue weighted by molar-refractivity contribution is 0.0774. The monoisotopic (exact) mass is 222 g/mol. The standard InChI is InChI=1S/C12H18N2O2/c15-12-3-1-2-11-13-10(8-14(11)12)9-4-6-16-7-5-9/h8-9,12,15H,1-7H2. The molecule has 0 amide bonds. The number of fused-ring (bicyclic) bond motifs is 1. The van der Waals surface area contributed by atoms with Crippen molar-refractivity contribution in [3.05, 3.63) is 17.7 Å². The smallest absolute Gasteiger partial charge is 0.131 e. The van der Waals surface area contributed by atoms with Gasteiger partial charge in [-0.15, -0.1) is 0 Å². The summed E-state index contributed by atoms with van der Waals surface area (Å²) in [5.74, 6) is 1.58. The van der Waals surface area contributed by atoms with E-state index in [2.05, 4.69) is 11.2 Å². The van der Waals surface area contributed by atoms with Crippen molar-refractivity contribution >= 4 is 0 Å². The molecular weight excluding hydrogens is 204 g/mol. The van der Waals surface area contributed by atoms with Crippen LogP contribution in [0.25, 0.3) is 0 Å². The highest BCUT2D eigenvalue weighted by molar-refractivity contribution is 5.12. The predicted octanol–water partition coefficient (Wildman–Crippen LogP) is 1.60. The highest BCUT2D eigenvalue weighted by Gasteiger charge is 2.24. The number of aliphatic hydroxyl groups is 1. The van der Waals surface area contributed by atoms with Crippen LogP contribution in [0.4, 0.5) is 0 Å². The molecule has 16 heavy (non-hydrogen) atoms. The molecule has 1 aromatic rings. The fraction of sp³-hybridized carbons (Fsp3) is 0.750. The summed E-state index contributed by atoms with van der Waals surface area (Å²) in [6.07, 6.45) is 6.72. The van der Waals surface area contributed by atoms with Crippen LogP contribution in [0.15, 0.2) is 6.20 Å². The molecule has 2 aliphatic heterocycles. The molecule has 1 aromatic heterocycles. The SMILES string of the molecule is OC1CCCc2nc(C3CCOCC3)cn21. The maximum absolute atomic E-state index is 9.87. The van der Waals surface area contributed by atoms with Crippen LogP contribution in [0.5, 0.6) is 0 Å². The van der Waals surface area contributed by atoms with E-state index in [4.69, 9.17) is 4.74 Å². The minimum absolute atomic E-state index is 0.357. The normalized spacial score (nSPS) is 26.7. The lowest BCUT2D eigenvalue weighted by Crippen LogP contribution is -2.16. The van der Waals surface area contributed by atoms with Crippen molar-refractivity contribution in [1.29, 1.82) is 0 Å². The summed E-state index contributed by atoms with van der Waals surface area (Å²) in [6, 6.07) is 0. The van der Waals surface area contributed by atoms with Crippen LogP contribution in [0.2, 0.25) is 0 Å². The fourth-order valence-corrected chi connectivity index (χ4v) is 2.67. The lowest BCUT2D eigenvalue weighted by atomic mass is 9.97. The third kappa shape index (κ3) is 1.76. The van der Waals surface area contributed by atoms with Gasteiger partial charge in [0.25, 0.3) is 0 Å². The van der Waals surface area contributed by atoms with Gasteiger partial charge in [-0.25, -0.2) is 4.98 Å². The van der Waals surface area contributed by atoms with Gasteiger partial charge in [0.2, 0.25) is 0 Å². The number of imidazole rings is 1. The predicted molar refractivity (Wildman–Crippen MR) is 59.2 cm³/mol. The molecule has 1 saturated heterocycles. The highest BCUT2D eigenvalue weighted by atomic mass is 16.5. The lowest BCUT2D eigenvalue weighted by Gasteiger charge is -2.20. The number of ether oxygens (including phenoxy) is 1. The van der Waals surface area contributed by atoms with E-state index in [-0.39, 0.29) is 6.23 Å². The van der Waals surface area contributed by atoms with Crippen molar-refractivity contribution in [3.8, 4) is 0 Å². The number of nitrogens with zero attached hydrogens (tertiary/aromatic N) is 2. The molecule has 0 aliphatic carbocycles. The largest absolute Gasteiger partial charge is 0.381 e. The number of rotatable bonds is 1. The molecule has 1 N–H and O–H groups in total. The molecule has 0 bridgehead atoms. The Labute approximate surface area is 95.3 Å². The van der Waals surface area contributed by atoms with Gasteiger partial charge in [0, 0.05) is 31.7 Å². The Bertz CT molecular complexity index is 369. The first-order chi connectivity index (χ1) is 7.84. The fourth-order valence-electron chi connectivity index (χ4n) is 2.67. The molecule has 2 aliphatic rings. The van der Waals surface area contributed by atoms with Crippen LogP contribution in [-0.4, -0.2) is 27.9 Å². The van der Waals surface area contributed by atoms with E-state index in [1.54, 1.807) is 0 Å². The minimum Gasteiger partial charge on any atom is -0.381 e. The Morgan fingerprint density at radius 3 is 2.88 bits per heavy atom. The van der Waals surface area contributed by atoms with E-state index in [1.165, 1.54) is 0 Å². The van der Waals surface area contributed by atoms with E-state index < -0.39 is 0 Å². The second-order valence-electron chi connectivity index (χ2n) is 4.75. The third-order valence-corrected chi connectivity index (χ3v) is 3.65. The number of aryl methyl sites for hydroxylation is 1. The summed E-state index contributed by atoms with van der Waals surface area (Å²) in [5, 5.41) is 9.87. The van der Waals surface area contributed by atoms with Crippen LogP contribution in [-0.2, 0) is 11.2 Å². The van der Waals surface area contributed by atoms with Gasteiger partial charge in [0.05, 0.1) is 5.69 Å². The molecule has 4 nitrogen and oxygen atoms in total. The number of hydrogen-bond acceptors (Lipinski definition) is 3. The number of aliphatic hydroxyl groups excluding tert-OH is 1. The van der Waals surface area contributed by atoms with Gasteiger partial charge < -0.3 is 14.4 Å². The molecule has 0 spiro atoms. The van der Waals surface area contributed by atoms with Crippen molar-refractivity contribution in [1.82, 2.24) is 9.55 Å². The van der Waals surface area contributed by atoms with Gasteiger partial charge >= 0.3 is 0 Å². The Balaban J connectivity index is 1.85. The van der Waals surface area contributed by atoms with Crippen molar-refractivity contribution in [2.75, 3.05) is 13.2 Å². The molecule has 3 heterocycles. The van der Waals surface area contributed by atoms with Crippen LogP contribution < -0.4 is 0 Å². The van der Waals surface area contributed by atoms with E-state index in [0.29, 0.717) is 5.92 Å². The van der Waals surface area contributed by atoms with Crippen molar-refractivity contribution in [2.45, 2.75) is 44.2 Å². The highest BCUT2D eigenvalue weighted by Crippen LogP contribution is 2.29. The van der Waals surface area contributed by atoms with Crippen LogP contribution in [0, 0.1) is 0 Å². The summed E-state index contributed by atoms with van der Waals surface area (Å²) >= 11 is 0. The molecule has 0 aromatic carbocycles. The summed E-state index contributed by atoms with van der Waals surface area (Å²) in [5.41, 5.74) is 1.15. The van der Waals surface area contributed by atoms with E-state index in [1.807, 2.05) is 4.57 Å². The Morgan fingerprint density at radius 1 is 1.31 bits per heavy atom. The first-order valence-electron chi connectivity index (χ1n) is 6.18. The zero-order valence-corrected chi connectivity index (χ0v) is 9.43. The molecule has 1 fully saturated rings. The second-order valence-corrected chi connectivity index (χ2v) is 4.75. The van der Waals surface area contributed by atoms with Gasteiger partial charge in [0.1, 0.15) is 12.1 Å². The van der Waals surface area contributed by atoms with Crippen LogP contribution in [0.1, 0.15) is 49.3 Å². The second kappa shape index (κ2) is 4.18. The van der Waals surface area contributed by atoms with E-state index >= 15 is 0 Å². The van der Waals surface area contributed by atoms with Crippen molar-refractivity contribution in [3.63, 3.8) is 0 Å². The summed E-state index contributed by atoms with van der Waals surface area (Å²) in [7, 11) is 0. The first-order valence-corrected chi connectivity index (χ1v) is 6.18. The van der Waals surface area contributed by atoms with Crippen LogP contribution in [0.3, 0.4) is 0 Å². The number of hydrogen-bond donors (Lipinski definition) is 1. The molecule has 1 atom stereocenters. The molecule has 0 radical (unpaired) electrons. The quantitative estimate of drug-likeness (QED) is 0.785. The van der Waals surface area contributed by atoms with Gasteiger partial charge in [-0.3, -0.25) is 0 Å². The molecule has 3 rings (SSSR count). The average molecular weight is 222 g/mol. The Morgan fingerprint density at radius 2 is 2.12 bits per heavy atom. The molecular formula is C12H18N2O2. The first kappa shape index (κ1) is 10.3. The van der Waals surface area contributed by atoms with E-state index in [9.17, 15) is 5.11 Å². The number of aromatic nitrogens is 2. The van der Waals surface area contributed by atoms with Gasteiger partial charge in [-0.2, -0.15) is 0 Å². The molecule has 0 saturated carbocycles. The van der Waals surface area contributed by atoms with Gasteiger partial charge in [-0.1, -0.05) is 0 Å². The van der Waals surface area contributed by atoms with Crippen molar-refractivity contribution < 1.29 is 9.84 Å². The molecule has 1 unspecified atom stereocenters. The maximum Gasteiger partial charge on any atom is 0.131 e. The van der Waals surface area contributed by atoms with Gasteiger partial charge in [0.15, 0.2) is 0 Å². The summed E-state index contributed by atoms with van der Waals surface area (Å²) in [6.45, 7) is 1.69. The molecule has 88 valence electrons. The molecule has 4 heteroatoms. The van der Waals surface area contributed by atoms with E-state index in [0.717, 1.165) is 56.8 Å².